The Morgan fingerprint density at radius 2 is 2.38 bits per heavy atom. The van der Waals surface area contributed by atoms with E-state index in [1.807, 2.05) is 0 Å². The van der Waals surface area contributed by atoms with Gasteiger partial charge in [0.05, 0.1) is 0 Å². The molecule has 8 heavy (non-hydrogen) atoms. The first-order chi connectivity index (χ1) is 3.81. The molecule has 0 saturated carbocycles. The molecule has 0 rings (SSSR count). The molecule has 0 atom stereocenters. The minimum atomic E-state index is -0.740. The van der Waals surface area contributed by atoms with Crippen molar-refractivity contribution in [3.05, 3.63) is 11.9 Å². The van der Waals surface area contributed by atoms with Crippen molar-refractivity contribution in [2.24, 2.45) is 5.73 Å². The van der Waals surface area contributed by atoms with Crippen LogP contribution in [-0.2, 0) is 4.79 Å². The summed E-state index contributed by atoms with van der Waals surface area (Å²) in [5, 5.41) is 0. The minimum absolute atomic E-state index is 0.162. The fraction of sp³-hybridized carbons (Fsp3) is 0.400. The lowest BCUT2D eigenvalue weighted by Crippen LogP contribution is -1.95. The second-order valence-corrected chi connectivity index (χ2v) is 1.28. The van der Waals surface area contributed by atoms with Gasteiger partial charge in [0, 0.05) is 0 Å². The lowest BCUT2D eigenvalue weighted by molar-refractivity contribution is -0.106. The van der Waals surface area contributed by atoms with E-state index in [1.54, 1.807) is 0 Å². The van der Waals surface area contributed by atoms with Crippen molar-refractivity contribution >= 4 is 6.29 Å². The molecule has 0 amide bonds. The third kappa shape index (κ3) is 3.49. The smallest absolute Gasteiger partial charge is 0.178 e. The SMILES string of the molecule is NCC/C=C(/F)C=O. The quantitative estimate of drug-likeness (QED) is 0.429. The Hall–Kier alpha value is -0.700. The second kappa shape index (κ2) is 4.46. The van der Waals surface area contributed by atoms with E-state index in [2.05, 4.69) is 0 Å². The van der Waals surface area contributed by atoms with Gasteiger partial charge in [0.1, 0.15) is 0 Å². The van der Waals surface area contributed by atoms with Gasteiger partial charge in [-0.05, 0) is 19.0 Å². The van der Waals surface area contributed by atoms with Gasteiger partial charge in [0.2, 0.25) is 0 Å². The summed E-state index contributed by atoms with van der Waals surface area (Å²) in [6.07, 6.45) is 1.74. The fourth-order valence-corrected chi connectivity index (χ4v) is 0.269. The zero-order valence-corrected chi connectivity index (χ0v) is 4.43. The van der Waals surface area contributed by atoms with Crippen molar-refractivity contribution in [1.82, 2.24) is 0 Å². The third-order valence-corrected chi connectivity index (χ3v) is 0.619. The molecule has 0 aromatic heterocycles. The zero-order chi connectivity index (χ0) is 6.41. The first-order valence-corrected chi connectivity index (χ1v) is 2.32. The molecule has 0 aliphatic rings. The Balaban J connectivity index is 3.40. The number of nitrogens with two attached hydrogens (primary N) is 1. The van der Waals surface area contributed by atoms with Crippen molar-refractivity contribution in [2.75, 3.05) is 6.54 Å². The van der Waals surface area contributed by atoms with Crippen molar-refractivity contribution in [3.63, 3.8) is 0 Å². The van der Waals surface area contributed by atoms with Gasteiger partial charge in [-0.2, -0.15) is 0 Å². The first-order valence-electron chi connectivity index (χ1n) is 2.32. The maximum absolute atomic E-state index is 11.8. The van der Waals surface area contributed by atoms with Crippen LogP contribution in [-0.4, -0.2) is 12.8 Å². The van der Waals surface area contributed by atoms with Crippen LogP contribution in [0, 0.1) is 0 Å². The molecule has 46 valence electrons. The predicted molar refractivity (Wildman–Crippen MR) is 28.9 cm³/mol. The zero-order valence-electron chi connectivity index (χ0n) is 4.43. The summed E-state index contributed by atoms with van der Waals surface area (Å²) < 4.78 is 11.8. The van der Waals surface area contributed by atoms with Gasteiger partial charge < -0.3 is 5.73 Å². The summed E-state index contributed by atoms with van der Waals surface area (Å²) in [5.74, 6) is -0.740. The Morgan fingerprint density at radius 3 is 2.75 bits per heavy atom. The average molecular weight is 117 g/mol. The van der Waals surface area contributed by atoms with Crippen LogP contribution < -0.4 is 5.73 Å². The highest BCUT2D eigenvalue weighted by Crippen LogP contribution is 1.90. The standard InChI is InChI=1S/C5H8FNO/c6-5(4-8)2-1-3-7/h2,4H,1,3,7H2/b5-2+. The topological polar surface area (TPSA) is 43.1 Å². The molecular formula is C5H8FNO. The van der Waals surface area contributed by atoms with Gasteiger partial charge in [-0.15, -0.1) is 0 Å². The van der Waals surface area contributed by atoms with Gasteiger partial charge in [0.15, 0.2) is 12.1 Å². The van der Waals surface area contributed by atoms with Crippen LogP contribution in [0.5, 0.6) is 0 Å². The van der Waals surface area contributed by atoms with Crippen LogP contribution in [0.25, 0.3) is 0 Å². The molecule has 0 aliphatic heterocycles. The number of carbonyl (C=O) groups excluding carboxylic acids is 1. The third-order valence-electron chi connectivity index (χ3n) is 0.619. The predicted octanol–water partition coefficient (Wildman–Crippen LogP) is 0.388. The number of carbonyl (C=O) groups is 1. The van der Waals surface area contributed by atoms with Crippen molar-refractivity contribution < 1.29 is 9.18 Å². The van der Waals surface area contributed by atoms with Crippen LogP contribution in [0.2, 0.25) is 0 Å². The molecule has 0 fully saturated rings. The van der Waals surface area contributed by atoms with Gasteiger partial charge in [0.25, 0.3) is 0 Å². The molecule has 0 unspecified atom stereocenters. The Labute approximate surface area is 47.2 Å². The van der Waals surface area contributed by atoms with E-state index in [-0.39, 0.29) is 6.29 Å². The molecule has 0 aromatic carbocycles. The summed E-state index contributed by atoms with van der Waals surface area (Å²) >= 11 is 0. The van der Waals surface area contributed by atoms with E-state index in [0.717, 1.165) is 6.08 Å². The van der Waals surface area contributed by atoms with E-state index in [4.69, 9.17) is 5.73 Å². The van der Waals surface area contributed by atoms with E-state index in [1.165, 1.54) is 0 Å². The molecule has 3 heteroatoms. The Morgan fingerprint density at radius 1 is 1.75 bits per heavy atom. The van der Waals surface area contributed by atoms with Crippen molar-refractivity contribution in [2.45, 2.75) is 6.42 Å². The first kappa shape index (κ1) is 7.30. The molecule has 0 saturated heterocycles. The van der Waals surface area contributed by atoms with Crippen LogP contribution in [0.15, 0.2) is 11.9 Å². The van der Waals surface area contributed by atoms with Crippen molar-refractivity contribution in [1.29, 1.82) is 0 Å². The normalized spacial score (nSPS) is 11.5. The summed E-state index contributed by atoms with van der Waals surface area (Å²) in [7, 11) is 0. The number of hydrogen-bond donors (Lipinski definition) is 1. The monoisotopic (exact) mass is 117 g/mol. The molecule has 0 aliphatic carbocycles. The van der Waals surface area contributed by atoms with Gasteiger partial charge >= 0.3 is 0 Å². The maximum atomic E-state index is 11.8. The van der Waals surface area contributed by atoms with E-state index < -0.39 is 5.83 Å². The van der Waals surface area contributed by atoms with Gasteiger partial charge in [-0.3, -0.25) is 4.79 Å². The van der Waals surface area contributed by atoms with Gasteiger partial charge in [-0.25, -0.2) is 4.39 Å². The highest BCUT2D eigenvalue weighted by atomic mass is 19.1. The van der Waals surface area contributed by atoms with Gasteiger partial charge in [-0.1, -0.05) is 0 Å². The van der Waals surface area contributed by atoms with E-state index in [9.17, 15) is 9.18 Å². The van der Waals surface area contributed by atoms with E-state index in [0.29, 0.717) is 13.0 Å². The summed E-state index contributed by atoms with van der Waals surface area (Å²) in [6, 6.07) is 0. The highest BCUT2D eigenvalue weighted by molar-refractivity contribution is 5.69. The number of aldehydes is 1. The number of allylic oxidation sites excluding steroid dienone is 1. The molecule has 0 heterocycles. The number of hydrogen-bond acceptors (Lipinski definition) is 2. The largest absolute Gasteiger partial charge is 0.330 e. The molecule has 0 aromatic rings. The van der Waals surface area contributed by atoms with Crippen molar-refractivity contribution in [3.8, 4) is 0 Å². The average Bonchev–Trinajstić information content (AvgIpc) is 1.83. The highest BCUT2D eigenvalue weighted by Gasteiger charge is 1.85. The second-order valence-electron chi connectivity index (χ2n) is 1.28. The Bertz CT molecular complexity index is 101. The van der Waals surface area contributed by atoms with Crippen LogP contribution in [0.4, 0.5) is 4.39 Å². The minimum Gasteiger partial charge on any atom is -0.330 e. The summed E-state index contributed by atoms with van der Waals surface area (Å²) in [4.78, 5) is 9.53. The lowest BCUT2D eigenvalue weighted by Gasteiger charge is -1.81. The van der Waals surface area contributed by atoms with Crippen LogP contribution in [0.1, 0.15) is 6.42 Å². The molecule has 0 radical (unpaired) electrons. The maximum Gasteiger partial charge on any atom is 0.178 e. The molecule has 0 spiro atoms. The molecule has 2 nitrogen and oxygen atoms in total. The molecular weight excluding hydrogens is 109 g/mol. The van der Waals surface area contributed by atoms with Crippen LogP contribution in [0.3, 0.4) is 0 Å². The number of rotatable bonds is 3. The molecule has 0 bridgehead atoms. The lowest BCUT2D eigenvalue weighted by atomic mass is 10.4. The summed E-state index contributed by atoms with van der Waals surface area (Å²) in [5.41, 5.74) is 5.00. The Kier molecular flexibility index (Phi) is 4.07. The van der Waals surface area contributed by atoms with Crippen LogP contribution >= 0.6 is 0 Å². The molecule has 2 N–H and O–H groups in total. The van der Waals surface area contributed by atoms with E-state index >= 15 is 0 Å². The fourth-order valence-electron chi connectivity index (χ4n) is 0.269. The summed E-state index contributed by atoms with van der Waals surface area (Å²) in [6.45, 7) is 0.376. The number of halogens is 1.